The molecule has 0 saturated carbocycles. The van der Waals surface area contributed by atoms with Crippen molar-refractivity contribution in [1.29, 1.82) is 0 Å². The van der Waals surface area contributed by atoms with Crippen molar-refractivity contribution in [2.45, 2.75) is 31.6 Å². The number of aromatic amines is 1. The Morgan fingerprint density at radius 3 is 2.72 bits per heavy atom. The van der Waals surface area contributed by atoms with Crippen LogP contribution in [0.25, 0.3) is 11.6 Å². The number of piperidine rings is 1. The van der Waals surface area contributed by atoms with Gasteiger partial charge in [-0.15, -0.1) is 10.2 Å². The molecular weight excluding hydrogens is 348 g/mol. The summed E-state index contributed by atoms with van der Waals surface area (Å²) in [6.07, 6.45) is 2.32. The third kappa shape index (κ3) is 3.59. The number of rotatable bonds is 5. The Labute approximate surface area is 145 Å². The molecule has 1 fully saturated rings. The molecule has 0 bridgehead atoms. The molecule has 25 heavy (non-hydrogen) atoms. The molecule has 1 N–H and O–H groups in total. The van der Waals surface area contributed by atoms with Crippen molar-refractivity contribution in [2.24, 2.45) is 5.92 Å². The minimum atomic E-state index is -3.64. The highest BCUT2D eigenvalue weighted by Gasteiger charge is 2.33. The van der Waals surface area contributed by atoms with Gasteiger partial charge in [0.15, 0.2) is 0 Å². The second kappa shape index (κ2) is 6.96. The Hall–Kier alpha value is -2.20. The Kier molecular flexibility index (Phi) is 4.91. The maximum Gasteiger partial charge on any atom is 0.309 e. The molecule has 1 aliphatic heterocycles. The van der Waals surface area contributed by atoms with Gasteiger partial charge in [-0.25, -0.2) is 8.42 Å². The molecule has 0 unspecified atom stereocenters. The normalized spacial score (nSPS) is 16.9. The average Bonchev–Trinajstić information content (AvgIpc) is 3.24. The number of aryl methyl sites for hydroxylation is 1. The lowest BCUT2D eigenvalue weighted by Gasteiger charge is -2.29. The number of hydrogen-bond donors (Lipinski definition) is 1. The molecule has 2 aromatic rings. The topological polar surface area (TPSA) is 118 Å². The van der Waals surface area contributed by atoms with Crippen molar-refractivity contribution in [3.63, 3.8) is 0 Å². The van der Waals surface area contributed by atoms with Crippen molar-refractivity contribution in [1.82, 2.24) is 19.5 Å². The van der Waals surface area contributed by atoms with Gasteiger partial charge in [0.25, 0.3) is 5.89 Å². The standard InChI is InChI=1S/C15H20N4O5S/c1-3-23-15(20)11-4-6-19(7-5-11)25(21,22)12-8-13(16-9-12)14-18-17-10(2)24-14/h8-9,11,16H,3-7H2,1-2H3. The molecule has 0 spiro atoms. The molecule has 3 heterocycles. The van der Waals surface area contributed by atoms with Crippen molar-refractivity contribution >= 4 is 16.0 Å². The first-order chi connectivity index (χ1) is 11.9. The monoisotopic (exact) mass is 368 g/mol. The maximum absolute atomic E-state index is 12.8. The maximum atomic E-state index is 12.8. The van der Waals surface area contributed by atoms with E-state index in [1.165, 1.54) is 16.6 Å². The van der Waals surface area contributed by atoms with Crippen molar-refractivity contribution < 1.29 is 22.4 Å². The van der Waals surface area contributed by atoms with E-state index in [1.54, 1.807) is 13.8 Å². The first-order valence-corrected chi connectivity index (χ1v) is 9.51. The fraction of sp³-hybridized carbons (Fsp3) is 0.533. The summed E-state index contributed by atoms with van der Waals surface area (Å²) in [5.74, 6) is 0.139. The van der Waals surface area contributed by atoms with Gasteiger partial charge in [-0.2, -0.15) is 4.31 Å². The molecule has 10 heteroatoms. The number of nitrogens with one attached hydrogen (secondary N) is 1. The van der Waals surface area contributed by atoms with Crippen molar-refractivity contribution in [3.05, 3.63) is 18.2 Å². The molecule has 0 amide bonds. The average molecular weight is 368 g/mol. The minimum Gasteiger partial charge on any atom is -0.466 e. The lowest BCUT2D eigenvalue weighted by atomic mass is 9.98. The van der Waals surface area contributed by atoms with Crippen LogP contribution in [0.3, 0.4) is 0 Å². The molecule has 1 aliphatic rings. The third-order valence-electron chi connectivity index (χ3n) is 4.12. The molecule has 136 valence electrons. The lowest BCUT2D eigenvalue weighted by molar-refractivity contribution is -0.149. The van der Waals surface area contributed by atoms with Crippen LogP contribution in [0.5, 0.6) is 0 Å². The highest BCUT2D eigenvalue weighted by atomic mass is 32.2. The molecule has 0 atom stereocenters. The number of H-pyrrole nitrogens is 1. The third-order valence-corrected chi connectivity index (χ3v) is 6.00. The lowest BCUT2D eigenvalue weighted by Crippen LogP contribution is -2.40. The summed E-state index contributed by atoms with van der Waals surface area (Å²) in [6, 6.07) is 1.47. The Balaban J connectivity index is 1.71. The molecule has 0 aliphatic carbocycles. The van der Waals surface area contributed by atoms with E-state index < -0.39 is 10.0 Å². The van der Waals surface area contributed by atoms with Crippen LogP contribution in [0.4, 0.5) is 0 Å². The summed E-state index contributed by atoms with van der Waals surface area (Å²) in [5, 5.41) is 7.59. The Bertz CT molecular complexity index is 849. The fourth-order valence-electron chi connectivity index (χ4n) is 2.79. The van der Waals surface area contributed by atoms with Gasteiger partial charge >= 0.3 is 5.97 Å². The molecule has 9 nitrogen and oxygen atoms in total. The smallest absolute Gasteiger partial charge is 0.309 e. The van der Waals surface area contributed by atoms with Crippen LogP contribution in [-0.4, -0.2) is 53.6 Å². The van der Waals surface area contributed by atoms with E-state index in [9.17, 15) is 13.2 Å². The highest BCUT2D eigenvalue weighted by Crippen LogP contribution is 2.27. The number of sulfonamides is 1. The van der Waals surface area contributed by atoms with Gasteiger partial charge in [-0.3, -0.25) is 4.79 Å². The summed E-state index contributed by atoms with van der Waals surface area (Å²) in [4.78, 5) is 14.7. The molecular formula is C15H20N4O5S. The van der Waals surface area contributed by atoms with E-state index in [4.69, 9.17) is 9.15 Å². The number of esters is 1. The number of carbonyl (C=O) groups excluding carboxylic acids is 1. The summed E-state index contributed by atoms with van der Waals surface area (Å²) < 4.78 is 37.2. The number of ether oxygens (including phenoxy) is 1. The summed E-state index contributed by atoms with van der Waals surface area (Å²) in [5.41, 5.74) is 0.445. The van der Waals surface area contributed by atoms with E-state index in [0.717, 1.165) is 0 Å². The van der Waals surface area contributed by atoms with Gasteiger partial charge in [0.05, 0.1) is 12.5 Å². The molecule has 2 aromatic heterocycles. The van der Waals surface area contributed by atoms with Crippen LogP contribution >= 0.6 is 0 Å². The second-order valence-corrected chi connectivity index (χ2v) is 7.74. The highest BCUT2D eigenvalue weighted by molar-refractivity contribution is 7.89. The van der Waals surface area contributed by atoms with Gasteiger partial charge < -0.3 is 14.1 Å². The van der Waals surface area contributed by atoms with Gasteiger partial charge in [0.2, 0.25) is 15.9 Å². The largest absolute Gasteiger partial charge is 0.466 e. The van der Waals surface area contributed by atoms with E-state index in [0.29, 0.717) is 31.0 Å². The number of hydrogen-bond acceptors (Lipinski definition) is 7. The zero-order valence-electron chi connectivity index (χ0n) is 14.1. The minimum absolute atomic E-state index is 0.132. The van der Waals surface area contributed by atoms with Gasteiger partial charge in [-0.1, -0.05) is 0 Å². The van der Waals surface area contributed by atoms with E-state index in [2.05, 4.69) is 15.2 Å². The van der Waals surface area contributed by atoms with E-state index >= 15 is 0 Å². The SMILES string of the molecule is CCOC(=O)C1CCN(S(=O)(=O)c2c[nH]c(-c3nnc(C)o3)c2)CC1. The predicted molar refractivity (Wildman–Crippen MR) is 86.9 cm³/mol. The second-order valence-electron chi connectivity index (χ2n) is 5.81. The number of aromatic nitrogens is 3. The summed E-state index contributed by atoms with van der Waals surface area (Å²) in [6.45, 7) is 4.31. The summed E-state index contributed by atoms with van der Waals surface area (Å²) >= 11 is 0. The van der Waals surface area contributed by atoms with Crippen LogP contribution in [0.1, 0.15) is 25.7 Å². The molecule has 3 rings (SSSR count). The first kappa shape index (κ1) is 17.6. The van der Waals surface area contributed by atoms with Crippen LogP contribution in [0.15, 0.2) is 21.6 Å². The van der Waals surface area contributed by atoms with Crippen molar-refractivity contribution in [3.8, 4) is 11.6 Å². The zero-order valence-corrected chi connectivity index (χ0v) is 14.9. The zero-order chi connectivity index (χ0) is 18.0. The predicted octanol–water partition coefficient (Wildman–Crippen LogP) is 1.34. The fourth-order valence-corrected chi connectivity index (χ4v) is 4.26. The van der Waals surface area contributed by atoms with E-state index in [-0.39, 0.29) is 35.8 Å². The van der Waals surface area contributed by atoms with Gasteiger partial charge in [0, 0.05) is 26.2 Å². The number of nitrogens with zero attached hydrogens (tertiary/aromatic N) is 3. The van der Waals surface area contributed by atoms with Crippen LogP contribution in [0, 0.1) is 12.8 Å². The molecule has 1 saturated heterocycles. The Morgan fingerprint density at radius 2 is 2.12 bits per heavy atom. The number of carbonyl (C=O) groups is 1. The van der Waals surface area contributed by atoms with Crippen molar-refractivity contribution in [2.75, 3.05) is 19.7 Å². The Morgan fingerprint density at radius 1 is 1.40 bits per heavy atom. The summed E-state index contributed by atoms with van der Waals surface area (Å²) in [7, 11) is -3.64. The van der Waals surface area contributed by atoms with Crippen LogP contribution in [0.2, 0.25) is 0 Å². The van der Waals surface area contributed by atoms with E-state index in [1.807, 2.05) is 0 Å². The van der Waals surface area contributed by atoms with Crippen LogP contribution < -0.4 is 0 Å². The quantitative estimate of drug-likeness (QED) is 0.791. The molecule has 0 aromatic carbocycles. The van der Waals surface area contributed by atoms with Gasteiger partial charge in [0.1, 0.15) is 10.6 Å². The van der Waals surface area contributed by atoms with Crippen LogP contribution in [-0.2, 0) is 19.6 Å². The molecule has 0 radical (unpaired) electrons. The first-order valence-electron chi connectivity index (χ1n) is 8.07. The van der Waals surface area contributed by atoms with Gasteiger partial charge in [-0.05, 0) is 25.8 Å².